The summed E-state index contributed by atoms with van der Waals surface area (Å²) in [6.45, 7) is 0.532. The summed E-state index contributed by atoms with van der Waals surface area (Å²) >= 11 is 0. The second-order valence-corrected chi connectivity index (χ2v) is 3.87. The molecule has 2 aromatic rings. The highest BCUT2D eigenvalue weighted by molar-refractivity contribution is 5.51. The third-order valence-corrected chi connectivity index (χ3v) is 2.49. The third-order valence-electron chi connectivity index (χ3n) is 2.49. The van der Waals surface area contributed by atoms with E-state index in [1.54, 1.807) is 6.08 Å². The van der Waals surface area contributed by atoms with Crippen molar-refractivity contribution in [3.05, 3.63) is 82.4 Å². The molecule has 0 amide bonds. The zero-order valence-corrected chi connectivity index (χ0v) is 10.3. The first-order valence-corrected chi connectivity index (χ1v) is 5.86. The molecule has 2 rings (SSSR count). The molecule has 0 heterocycles. The molecule has 4 heteroatoms. The Morgan fingerprint density at radius 1 is 1.11 bits per heavy atom. The van der Waals surface area contributed by atoms with Gasteiger partial charge >= 0.3 is 0 Å². The predicted molar refractivity (Wildman–Crippen MR) is 75.4 cm³/mol. The van der Waals surface area contributed by atoms with Crippen molar-refractivity contribution in [2.45, 2.75) is 6.61 Å². The van der Waals surface area contributed by atoms with Crippen molar-refractivity contribution in [3.8, 4) is 5.75 Å². The molecule has 0 bridgehead atoms. The minimum Gasteiger partial charge on any atom is -0.489 e. The molecule has 0 atom stereocenters. The van der Waals surface area contributed by atoms with Crippen LogP contribution in [0.15, 0.2) is 65.9 Å². The van der Waals surface area contributed by atoms with Crippen LogP contribution in [-0.4, -0.2) is 0 Å². The first-order valence-electron chi connectivity index (χ1n) is 5.86. The first-order chi connectivity index (χ1) is 9.38. The fraction of sp³-hybridized carbons (Fsp3) is 0.0667. The van der Waals surface area contributed by atoms with Crippen molar-refractivity contribution < 1.29 is 4.74 Å². The molecule has 0 spiro atoms. The summed E-state index contributed by atoms with van der Waals surface area (Å²) in [5.41, 5.74) is 10.2. The Hall–Kier alpha value is -2.71. The van der Waals surface area contributed by atoms with E-state index in [2.05, 4.69) is 10.0 Å². The van der Waals surface area contributed by atoms with Gasteiger partial charge in [-0.2, -0.15) is 0 Å². The summed E-state index contributed by atoms with van der Waals surface area (Å²) in [6.07, 6.45) is 3.14. The Bertz CT molecular complexity index is 602. The van der Waals surface area contributed by atoms with E-state index in [1.807, 2.05) is 54.6 Å². The van der Waals surface area contributed by atoms with Crippen LogP contribution < -0.4 is 4.74 Å². The van der Waals surface area contributed by atoms with Gasteiger partial charge in [0.25, 0.3) is 0 Å². The summed E-state index contributed by atoms with van der Waals surface area (Å²) in [5, 5.41) is 3.35. The van der Waals surface area contributed by atoms with E-state index in [4.69, 9.17) is 10.3 Å². The lowest BCUT2D eigenvalue weighted by molar-refractivity contribution is 0.306. The Balaban J connectivity index is 2.01. The second-order valence-electron chi connectivity index (χ2n) is 3.87. The highest BCUT2D eigenvalue weighted by atomic mass is 16.5. The van der Waals surface area contributed by atoms with Crippen molar-refractivity contribution in [2.24, 2.45) is 5.11 Å². The van der Waals surface area contributed by atoms with Crippen LogP contribution in [-0.2, 0) is 6.61 Å². The van der Waals surface area contributed by atoms with E-state index in [-0.39, 0.29) is 0 Å². The Labute approximate surface area is 111 Å². The molecule has 0 aliphatic rings. The maximum absolute atomic E-state index is 8.19. The molecular weight excluding hydrogens is 238 g/mol. The highest BCUT2D eigenvalue weighted by Crippen LogP contribution is 2.16. The van der Waals surface area contributed by atoms with Crippen molar-refractivity contribution in [3.63, 3.8) is 0 Å². The van der Waals surface area contributed by atoms with E-state index in [9.17, 15) is 0 Å². The van der Waals surface area contributed by atoms with Gasteiger partial charge in [0.15, 0.2) is 0 Å². The molecule has 19 heavy (non-hydrogen) atoms. The predicted octanol–water partition coefficient (Wildman–Crippen LogP) is 4.55. The lowest BCUT2D eigenvalue weighted by atomic mass is 10.2. The minimum atomic E-state index is 0.532. The van der Waals surface area contributed by atoms with Gasteiger partial charge in [-0.05, 0) is 28.8 Å². The zero-order chi connectivity index (χ0) is 13.3. The number of benzene rings is 2. The van der Waals surface area contributed by atoms with E-state index in [0.29, 0.717) is 6.61 Å². The quantitative estimate of drug-likeness (QED) is 0.437. The molecule has 0 aliphatic heterocycles. The van der Waals surface area contributed by atoms with Crippen molar-refractivity contribution in [1.29, 1.82) is 0 Å². The van der Waals surface area contributed by atoms with E-state index >= 15 is 0 Å². The van der Waals surface area contributed by atoms with Crippen molar-refractivity contribution >= 4 is 6.08 Å². The molecule has 0 saturated heterocycles. The number of nitrogens with zero attached hydrogens (tertiary/aromatic N) is 3. The van der Waals surface area contributed by atoms with Gasteiger partial charge in [0.2, 0.25) is 0 Å². The summed E-state index contributed by atoms with van der Waals surface area (Å²) in [4.78, 5) is 2.66. The molecule has 0 fully saturated rings. The van der Waals surface area contributed by atoms with Crippen LogP contribution in [0.25, 0.3) is 16.5 Å². The maximum atomic E-state index is 8.19. The number of azide groups is 1. The van der Waals surface area contributed by atoms with E-state index in [1.165, 1.54) is 6.20 Å². The normalized spacial score (nSPS) is 10.1. The van der Waals surface area contributed by atoms with Gasteiger partial charge in [0.1, 0.15) is 12.4 Å². The zero-order valence-electron chi connectivity index (χ0n) is 10.3. The summed E-state index contributed by atoms with van der Waals surface area (Å²) in [7, 11) is 0. The Morgan fingerprint density at radius 3 is 2.74 bits per heavy atom. The summed E-state index contributed by atoms with van der Waals surface area (Å²) in [6, 6.07) is 17.6. The third kappa shape index (κ3) is 4.22. The number of ether oxygens (including phenoxy) is 1. The second kappa shape index (κ2) is 6.89. The van der Waals surface area contributed by atoms with Crippen molar-refractivity contribution in [2.75, 3.05) is 0 Å². The molecule has 0 aromatic heterocycles. The summed E-state index contributed by atoms with van der Waals surface area (Å²) < 4.78 is 5.70. The van der Waals surface area contributed by atoms with Crippen LogP contribution in [0.2, 0.25) is 0 Å². The molecule has 0 unspecified atom stereocenters. The topological polar surface area (TPSA) is 58.0 Å². The first kappa shape index (κ1) is 12.7. The molecule has 0 saturated carbocycles. The van der Waals surface area contributed by atoms with Gasteiger partial charge in [0, 0.05) is 11.1 Å². The monoisotopic (exact) mass is 251 g/mol. The smallest absolute Gasteiger partial charge is 0.120 e. The van der Waals surface area contributed by atoms with E-state index in [0.717, 1.165) is 16.9 Å². The largest absolute Gasteiger partial charge is 0.489 e. The van der Waals surface area contributed by atoms with E-state index < -0.39 is 0 Å². The SMILES string of the molecule is [N-]=[N+]=N/C=C/c1cccc(OCc2ccccc2)c1. The molecule has 0 radical (unpaired) electrons. The number of rotatable bonds is 5. The van der Waals surface area contributed by atoms with Gasteiger partial charge in [-0.3, -0.25) is 0 Å². The van der Waals surface area contributed by atoms with Crippen LogP contribution in [0.3, 0.4) is 0 Å². The highest BCUT2D eigenvalue weighted by Gasteiger charge is 1.96. The average Bonchev–Trinajstić information content (AvgIpc) is 2.47. The molecule has 4 nitrogen and oxygen atoms in total. The number of hydrogen-bond donors (Lipinski definition) is 0. The van der Waals surface area contributed by atoms with Gasteiger partial charge in [-0.25, -0.2) is 0 Å². The number of hydrogen-bond acceptors (Lipinski definition) is 2. The van der Waals surface area contributed by atoms with Crippen LogP contribution in [0, 0.1) is 0 Å². The molecule has 2 aromatic carbocycles. The Morgan fingerprint density at radius 2 is 1.95 bits per heavy atom. The van der Waals surface area contributed by atoms with Crippen LogP contribution >= 0.6 is 0 Å². The van der Waals surface area contributed by atoms with Gasteiger partial charge in [-0.15, -0.1) is 0 Å². The summed E-state index contributed by atoms with van der Waals surface area (Å²) in [5.74, 6) is 0.784. The van der Waals surface area contributed by atoms with Gasteiger partial charge < -0.3 is 4.74 Å². The molecule has 94 valence electrons. The molecule has 0 aliphatic carbocycles. The standard InChI is InChI=1S/C15H13N3O/c16-18-17-10-9-13-7-4-8-15(11-13)19-12-14-5-2-1-3-6-14/h1-11H,12H2/b10-9+. The van der Waals surface area contributed by atoms with Crippen LogP contribution in [0.1, 0.15) is 11.1 Å². The average molecular weight is 251 g/mol. The molecular formula is C15H13N3O. The van der Waals surface area contributed by atoms with Crippen LogP contribution in [0.4, 0.5) is 0 Å². The fourth-order valence-electron chi connectivity index (χ4n) is 1.60. The van der Waals surface area contributed by atoms with Gasteiger partial charge in [-0.1, -0.05) is 53.7 Å². The fourth-order valence-corrected chi connectivity index (χ4v) is 1.60. The molecule has 0 N–H and O–H groups in total. The van der Waals surface area contributed by atoms with Crippen molar-refractivity contribution in [1.82, 2.24) is 0 Å². The Kier molecular flexibility index (Phi) is 4.62. The van der Waals surface area contributed by atoms with Crippen LogP contribution in [0.5, 0.6) is 5.75 Å². The van der Waals surface area contributed by atoms with Gasteiger partial charge in [0.05, 0.1) is 0 Å². The minimum absolute atomic E-state index is 0.532. The maximum Gasteiger partial charge on any atom is 0.120 e. The lowest BCUT2D eigenvalue weighted by Gasteiger charge is -2.06. The lowest BCUT2D eigenvalue weighted by Crippen LogP contribution is -1.94.